The Bertz CT molecular complexity index is 355. The van der Waals surface area contributed by atoms with Crippen molar-refractivity contribution in [1.29, 1.82) is 0 Å². The molecule has 0 aliphatic carbocycles. The lowest BCUT2D eigenvalue weighted by Gasteiger charge is -2.05. The molecule has 72 valence electrons. The van der Waals surface area contributed by atoms with Crippen molar-refractivity contribution in [3.63, 3.8) is 0 Å². The topological polar surface area (TPSA) is 65.8 Å². The molecule has 1 aromatic rings. The van der Waals surface area contributed by atoms with Crippen molar-refractivity contribution in [1.82, 2.24) is 0 Å². The van der Waals surface area contributed by atoms with Crippen molar-refractivity contribution >= 4 is 5.91 Å². The summed E-state index contributed by atoms with van der Waals surface area (Å²) in [5.41, 5.74) is 9.16. The Hall–Kier alpha value is -1.80. The number of azide groups is 1. The molecule has 1 amide bonds. The quantitative estimate of drug-likeness (QED) is 0.409. The third-order valence-electron chi connectivity index (χ3n) is 1.95. The van der Waals surface area contributed by atoms with Gasteiger partial charge in [0.25, 0.3) is 0 Å². The minimum atomic E-state index is -0.406. The van der Waals surface area contributed by atoms with E-state index in [0.29, 0.717) is 6.42 Å². The molecule has 4 heteroatoms. The van der Waals surface area contributed by atoms with E-state index in [4.69, 9.17) is 5.53 Å². The second-order valence-corrected chi connectivity index (χ2v) is 3.12. The van der Waals surface area contributed by atoms with Gasteiger partial charge in [-0.15, -0.1) is 0 Å². The third-order valence-corrected chi connectivity index (χ3v) is 1.95. The molecular formula is C10H11N3O. The van der Waals surface area contributed by atoms with Gasteiger partial charge in [0.2, 0.25) is 5.91 Å². The van der Waals surface area contributed by atoms with Crippen LogP contribution in [0.2, 0.25) is 0 Å². The van der Waals surface area contributed by atoms with Crippen LogP contribution < -0.4 is 0 Å². The third kappa shape index (κ3) is 2.92. The maximum atomic E-state index is 11.1. The summed E-state index contributed by atoms with van der Waals surface area (Å²) in [4.78, 5) is 13.6. The smallest absolute Gasteiger partial charge is 0.222 e. The van der Waals surface area contributed by atoms with E-state index < -0.39 is 5.91 Å². The predicted octanol–water partition coefficient (Wildman–Crippen LogP) is 2.70. The fourth-order valence-electron chi connectivity index (χ4n) is 1.20. The molecule has 0 radical (unpaired) electrons. The number of hydrogen-bond acceptors (Lipinski definition) is 1. The highest BCUT2D eigenvalue weighted by Gasteiger charge is 2.10. The molecule has 1 aromatic carbocycles. The molecule has 0 N–H and O–H groups in total. The number of hydrogen-bond donors (Lipinski definition) is 0. The van der Waals surface area contributed by atoms with Crippen LogP contribution in [0.4, 0.5) is 0 Å². The SMILES string of the molecule is C[C@H](Cc1ccccc1)C(=O)N=[N+]=[N-]. The van der Waals surface area contributed by atoms with Crippen LogP contribution >= 0.6 is 0 Å². The molecule has 0 heterocycles. The molecule has 0 unspecified atom stereocenters. The van der Waals surface area contributed by atoms with Gasteiger partial charge in [-0.25, -0.2) is 0 Å². The van der Waals surface area contributed by atoms with Crippen LogP contribution in [-0.2, 0) is 11.2 Å². The number of amides is 1. The zero-order valence-corrected chi connectivity index (χ0v) is 7.92. The van der Waals surface area contributed by atoms with Crippen LogP contribution in [0.25, 0.3) is 10.4 Å². The van der Waals surface area contributed by atoms with Crippen molar-refractivity contribution in [2.45, 2.75) is 13.3 Å². The van der Waals surface area contributed by atoms with Crippen LogP contribution in [0, 0.1) is 5.92 Å². The summed E-state index contributed by atoms with van der Waals surface area (Å²) in [6.45, 7) is 1.75. The van der Waals surface area contributed by atoms with E-state index in [1.54, 1.807) is 6.92 Å². The molecule has 4 nitrogen and oxygen atoms in total. The number of rotatable bonds is 3. The lowest BCUT2D eigenvalue weighted by atomic mass is 10.0. The van der Waals surface area contributed by atoms with E-state index in [1.165, 1.54) is 0 Å². The van der Waals surface area contributed by atoms with E-state index in [1.807, 2.05) is 30.3 Å². The number of carbonyl (C=O) groups is 1. The number of carbonyl (C=O) groups excluding carboxylic acids is 1. The summed E-state index contributed by atoms with van der Waals surface area (Å²) in [5.74, 6) is -0.662. The lowest BCUT2D eigenvalue weighted by molar-refractivity contribution is -0.121. The van der Waals surface area contributed by atoms with Crippen molar-refractivity contribution in [3.05, 3.63) is 46.3 Å². The van der Waals surface area contributed by atoms with Crippen LogP contribution in [0.1, 0.15) is 12.5 Å². The highest BCUT2D eigenvalue weighted by Crippen LogP contribution is 2.09. The normalized spacial score (nSPS) is 11.5. The van der Waals surface area contributed by atoms with Crippen LogP contribution in [0.3, 0.4) is 0 Å². The molecule has 14 heavy (non-hydrogen) atoms. The van der Waals surface area contributed by atoms with Crippen molar-refractivity contribution < 1.29 is 4.79 Å². The second kappa shape index (κ2) is 5.04. The van der Waals surface area contributed by atoms with Gasteiger partial charge in [0.05, 0.1) is 0 Å². The highest BCUT2D eigenvalue weighted by molar-refractivity contribution is 5.79. The second-order valence-electron chi connectivity index (χ2n) is 3.12. The first-order valence-corrected chi connectivity index (χ1v) is 4.37. The van der Waals surface area contributed by atoms with Gasteiger partial charge in [0, 0.05) is 10.8 Å². The van der Waals surface area contributed by atoms with Gasteiger partial charge in [-0.05, 0) is 22.6 Å². The number of benzene rings is 1. The van der Waals surface area contributed by atoms with Crippen LogP contribution in [0.15, 0.2) is 35.4 Å². The van der Waals surface area contributed by atoms with Crippen molar-refractivity contribution in [3.8, 4) is 0 Å². The van der Waals surface area contributed by atoms with E-state index in [2.05, 4.69) is 10.0 Å². The summed E-state index contributed by atoms with van der Waals surface area (Å²) in [6.07, 6.45) is 0.610. The molecule has 0 aromatic heterocycles. The monoisotopic (exact) mass is 189 g/mol. The Morgan fingerprint density at radius 3 is 2.71 bits per heavy atom. The molecule has 0 saturated carbocycles. The van der Waals surface area contributed by atoms with Gasteiger partial charge in [-0.3, -0.25) is 4.79 Å². The van der Waals surface area contributed by atoms with Crippen LogP contribution in [-0.4, -0.2) is 5.91 Å². The Labute approximate surface area is 82.2 Å². The summed E-state index contributed by atoms with van der Waals surface area (Å²) in [7, 11) is 0. The average Bonchev–Trinajstić information content (AvgIpc) is 2.19. The fraction of sp³-hybridized carbons (Fsp3) is 0.300. The molecule has 1 rings (SSSR count). The van der Waals surface area contributed by atoms with E-state index in [-0.39, 0.29) is 5.92 Å². The summed E-state index contributed by atoms with van der Waals surface area (Å²) < 4.78 is 0. The van der Waals surface area contributed by atoms with Crippen molar-refractivity contribution in [2.75, 3.05) is 0 Å². The minimum Gasteiger partial charge on any atom is -0.292 e. The van der Waals surface area contributed by atoms with Crippen molar-refractivity contribution in [2.24, 2.45) is 11.0 Å². The first kappa shape index (κ1) is 10.3. The van der Waals surface area contributed by atoms with Gasteiger partial charge in [-0.2, -0.15) is 0 Å². The molecule has 0 fully saturated rings. The first-order valence-electron chi connectivity index (χ1n) is 4.37. The first-order chi connectivity index (χ1) is 6.74. The van der Waals surface area contributed by atoms with E-state index in [0.717, 1.165) is 5.56 Å². The van der Waals surface area contributed by atoms with Gasteiger partial charge in [0.15, 0.2) is 0 Å². The van der Waals surface area contributed by atoms with Crippen LogP contribution in [0.5, 0.6) is 0 Å². The summed E-state index contributed by atoms with van der Waals surface area (Å²) >= 11 is 0. The van der Waals surface area contributed by atoms with E-state index in [9.17, 15) is 4.79 Å². The largest absolute Gasteiger partial charge is 0.292 e. The molecule has 0 aliphatic rings. The Morgan fingerprint density at radius 1 is 1.50 bits per heavy atom. The fourth-order valence-corrected chi connectivity index (χ4v) is 1.20. The van der Waals surface area contributed by atoms with Gasteiger partial charge in [0.1, 0.15) is 0 Å². The Balaban J connectivity index is 2.61. The maximum Gasteiger partial charge on any atom is 0.222 e. The number of nitrogens with zero attached hydrogens (tertiary/aromatic N) is 3. The van der Waals surface area contributed by atoms with E-state index >= 15 is 0 Å². The summed E-state index contributed by atoms with van der Waals surface area (Å²) in [6, 6.07) is 9.64. The minimum absolute atomic E-state index is 0.256. The predicted molar refractivity (Wildman–Crippen MR) is 53.5 cm³/mol. The molecule has 0 bridgehead atoms. The average molecular weight is 189 g/mol. The Morgan fingerprint density at radius 2 is 2.14 bits per heavy atom. The lowest BCUT2D eigenvalue weighted by Crippen LogP contribution is -2.10. The van der Waals surface area contributed by atoms with Gasteiger partial charge >= 0.3 is 0 Å². The molecule has 0 spiro atoms. The molecule has 0 aliphatic heterocycles. The summed E-state index contributed by atoms with van der Waals surface area (Å²) in [5, 5.41) is 3.06. The molecule has 1 atom stereocenters. The zero-order chi connectivity index (χ0) is 10.4. The van der Waals surface area contributed by atoms with Gasteiger partial charge < -0.3 is 0 Å². The standard InChI is InChI=1S/C10H11N3O/c1-8(10(14)12-13-11)7-9-5-3-2-4-6-9/h2-6,8H,7H2,1H3/t8-/m1/s1. The van der Waals surface area contributed by atoms with Gasteiger partial charge in [-0.1, -0.05) is 37.3 Å². The molecule has 0 saturated heterocycles. The maximum absolute atomic E-state index is 11.1. The Kier molecular flexibility index (Phi) is 3.70. The highest BCUT2D eigenvalue weighted by atomic mass is 16.1. The molecular weight excluding hydrogens is 178 g/mol. The zero-order valence-electron chi connectivity index (χ0n) is 7.92.